The summed E-state index contributed by atoms with van der Waals surface area (Å²) in [6.07, 6.45) is 0.598. The van der Waals surface area contributed by atoms with Gasteiger partial charge in [0.2, 0.25) is 0 Å². The minimum absolute atomic E-state index is 0.479. The standard InChI is InChI=1S/C17H11N3/c1-12-2-13(5-15(3-12)9-18)4-14-6-16(10-19)8-17(7-14)11-20/h2-3,5-8H,4H2,1H3. The maximum absolute atomic E-state index is 8.98. The lowest BCUT2D eigenvalue weighted by molar-refractivity contribution is 1.17. The molecule has 2 aromatic carbocycles. The van der Waals surface area contributed by atoms with Crippen molar-refractivity contribution in [2.24, 2.45) is 0 Å². The lowest BCUT2D eigenvalue weighted by atomic mass is 9.98. The smallest absolute Gasteiger partial charge is 0.0992 e. The predicted molar refractivity (Wildman–Crippen MR) is 74.6 cm³/mol. The normalized spacial score (nSPS) is 9.30. The number of benzene rings is 2. The summed E-state index contributed by atoms with van der Waals surface area (Å²) in [6.45, 7) is 1.94. The highest BCUT2D eigenvalue weighted by atomic mass is 14.3. The molecule has 2 aromatic rings. The highest BCUT2D eigenvalue weighted by molar-refractivity contribution is 5.45. The summed E-state index contributed by atoms with van der Waals surface area (Å²) >= 11 is 0. The van der Waals surface area contributed by atoms with Crippen LogP contribution in [0.3, 0.4) is 0 Å². The van der Waals surface area contributed by atoms with Crippen molar-refractivity contribution in [2.45, 2.75) is 13.3 Å². The average Bonchev–Trinajstić information content (AvgIpc) is 2.46. The van der Waals surface area contributed by atoms with Gasteiger partial charge in [0, 0.05) is 0 Å². The van der Waals surface area contributed by atoms with Gasteiger partial charge in [-0.15, -0.1) is 0 Å². The molecule has 0 spiro atoms. The largest absolute Gasteiger partial charge is 0.192 e. The molecule has 0 saturated heterocycles. The van der Waals surface area contributed by atoms with Crippen LogP contribution in [0.15, 0.2) is 36.4 Å². The monoisotopic (exact) mass is 257 g/mol. The van der Waals surface area contributed by atoms with E-state index in [0.29, 0.717) is 23.1 Å². The molecule has 0 atom stereocenters. The molecule has 20 heavy (non-hydrogen) atoms. The van der Waals surface area contributed by atoms with Gasteiger partial charge in [-0.2, -0.15) is 15.8 Å². The minimum atomic E-state index is 0.479. The van der Waals surface area contributed by atoms with Crippen molar-refractivity contribution in [1.82, 2.24) is 0 Å². The van der Waals surface area contributed by atoms with Crippen molar-refractivity contribution in [3.63, 3.8) is 0 Å². The first-order valence-corrected chi connectivity index (χ1v) is 6.09. The molecule has 0 heterocycles. The van der Waals surface area contributed by atoms with Gasteiger partial charge >= 0.3 is 0 Å². The Balaban J connectivity index is 2.40. The van der Waals surface area contributed by atoms with Crippen LogP contribution in [0, 0.1) is 40.9 Å². The third kappa shape index (κ3) is 3.02. The van der Waals surface area contributed by atoms with Gasteiger partial charge in [-0.1, -0.05) is 6.07 Å². The van der Waals surface area contributed by atoms with E-state index >= 15 is 0 Å². The molecule has 0 fully saturated rings. The molecule has 0 aliphatic carbocycles. The second-order valence-corrected chi connectivity index (χ2v) is 4.64. The Morgan fingerprint density at radius 3 is 1.65 bits per heavy atom. The third-order valence-electron chi connectivity index (χ3n) is 2.93. The van der Waals surface area contributed by atoms with Crippen LogP contribution in [0.5, 0.6) is 0 Å². The van der Waals surface area contributed by atoms with Gasteiger partial charge in [-0.05, 0) is 60.4 Å². The molecule has 0 bridgehead atoms. The molecule has 0 N–H and O–H groups in total. The average molecular weight is 257 g/mol. The van der Waals surface area contributed by atoms with Gasteiger partial charge in [0.05, 0.1) is 34.9 Å². The molecule has 0 amide bonds. The summed E-state index contributed by atoms with van der Waals surface area (Å²) in [5.41, 5.74) is 4.50. The number of rotatable bonds is 2. The first-order chi connectivity index (χ1) is 9.64. The number of hydrogen-bond acceptors (Lipinski definition) is 3. The van der Waals surface area contributed by atoms with Crippen molar-refractivity contribution in [3.8, 4) is 18.2 Å². The van der Waals surface area contributed by atoms with Crippen molar-refractivity contribution in [3.05, 3.63) is 69.8 Å². The summed E-state index contributed by atoms with van der Waals surface area (Å²) in [5, 5.41) is 26.9. The van der Waals surface area contributed by atoms with E-state index in [1.165, 1.54) is 0 Å². The van der Waals surface area contributed by atoms with Gasteiger partial charge in [0.25, 0.3) is 0 Å². The van der Waals surface area contributed by atoms with E-state index in [4.69, 9.17) is 15.8 Å². The van der Waals surface area contributed by atoms with Crippen molar-refractivity contribution in [1.29, 1.82) is 15.8 Å². The molecule has 3 heteroatoms. The lowest BCUT2D eigenvalue weighted by Crippen LogP contribution is -1.93. The fourth-order valence-electron chi connectivity index (χ4n) is 2.19. The number of aryl methyl sites for hydroxylation is 1. The number of nitriles is 3. The molecule has 0 aromatic heterocycles. The van der Waals surface area contributed by atoms with Crippen LogP contribution in [0.2, 0.25) is 0 Å². The SMILES string of the molecule is Cc1cc(C#N)cc(Cc2cc(C#N)cc(C#N)c2)c1. The van der Waals surface area contributed by atoms with E-state index in [2.05, 4.69) is 18.2 Å². The van der Waals surface area contributed by atoms with E-state index in [9.17, 15) is 0 Å². The molecular weight excluding hydrogens is 246 g/mol. The predicted octanol–water partition coefficient (Wildman–Crippen LogP) is 3.20. The summed E-state index contributed by atoms with van der Waals surface area (Å²) in [7, 11) is 0. The molecule has 3 nitrogen and oxygen atoms in total. The first-order valence-electron chi connectivity index (χ1n) is 6.09. The second kappa shape index (κ2) is 5.70. The van der Waals surface area contributed by atoms with E-state index in [0.717, 1.165) is 16.7 Å². The Morgan fingerprint density at radius 1 is 0.700 bits per heavy atom. The Hall–Kier alpha value is -3.09. The summed E-state index contributed by atoms with van der Waals surface area (Å²) < 4.78 is 0. The van der Waals surface area contributed by atoms with Crippen molar-refractivity contribution >= 4 is 0 Å². The highest BCUT2D eigenvalue weighted by Gasteiger charge is 2.04. The Morgan fingerprint density at radius 2 is 1.15 bits per heavy atom. The van der Waals surface area contributed by atoms with Crippen LogP contribution in [0.1, 0.15) is 33.4 Å². The Bertz CT molecular complexity index is 751. The molecular formula is C17H11N3. The van der Waals surface area contributed by atoms with Gasteiger partial charge in [0.15, 0.2) is 0 Å². The van der Waals surface area contributed by atoms with Crippen molar-refractivity contribution in [2.75, 3.05) is 0 Å². The molecule has 0 radical (unpaired) electrons. The molecule has 94 valence electrons. The zero-order valence-electron chi connectivity index (χ0n) is 11.0. The van der Waals surface area contributed by atoms with E-state index in [1.54, 1.807) is 18.2 Å². The van der Waals surface area contributed by atoms with E-state index in [-0.39, 0.29) is 0 Å². The number of hydrogen-bond donors (Lipinski definition) is 0. The lowest BCUT2D eigenvalue weighted by Gasteiger charge is -2.05. The minimum Gasteiger partial charge on any atom is -0.192 e. The van der Waals surface area contributed by atoms with E-state index in [1.807, 2.05) is 25.1 Å². The van der Waals surface area contributed by atoms with Crippen LogP contribution in [-0.2, 0) is 6.42 Å². The van der Waals surface area contributed by atoms with Crippen LogP contribution < -0.4 is 0 Å². The molecule has 0 unspecified atom stereocenters. The topological polar surface area (TPSA) is 71.4 Å². The van der Waals surface area contributed by atoms with Crippen LogP contribution in [0.4, 0.5) is 0 Å². The van der Waals surface area contributed by atoms with Crippen LogP contribution in [-0.4, -0.2) is 0 Å². The van der Waals surface area contributed by atoms with Crippen LogP contribution >= 0.6 is 0 Å². The zero-order valence-corrected chi connectivity index (χ0v) is 11.0. The molecule has 2 rings (SSSR count). The quantitative estimate of drug-likeness (QED) is 0.829. The van der Waals surface area contributed by atoms with Gasteiger partial charge in [-0.25, -0.2) is 0 Å². The number of nitrogens with zero attached hydrogens (tertiary/aromatic N) is 3. The zero-order chi connectivity index (χ0) is 14.5. The van der Waals surface area contributed by atoms with Gasteiger partial charge in [0.1, 0.15) is 0 Å². The fourth-order valence-corrected chi connectivity index (χ4v) is 2.19. The summed E-state index contributed by atoms with van der Waals surface area (Å²) in [6, 6.07) is 17.0. The molecule has 0 aliphatic heterocycles. The first kappa shape index (κ1) is 13.3. The maximum atomic E-state index is 8.98. The molecule has 0 saturated carbocycles. The summed E-state index contributed by atoms with van der Waals surface area (Å²) in [4.78, 5) is 0. The Kier molecular flexibility index (Phi) is 3.80. The van der Waals surface area contributed by atoms with Gasteiger partial charge < -0.3 is 0 Å². The Labute approximate surface area is 117 Å². The van der Waals surface area contributed by atoms with Crippen molar-refractivity contribution < 1.29 is 0 Å². The summed E-state index contributed by atoms with van der Waals surface area (Å²) in [5.74, 6) is 0. The third-order valence-corrected chi connectivity index (χ3v) is 2.93. The molecule has 0 aliphatic rings. The van der Waals surface area contributed by atoms with Gasteiger partial charge in [-0.3, -0.25) is 0 Å². The highest BCUT2D eigenvalue weighted by Crippen LogP contribution is 2.16. The van der Waals surface area contributed by atoms with E-state index < -0.39 is 0 Å². The fraction of sp³-hybridized carbons (Fsp3) is 0.118. The maximum Gasteiger partial charge on any atom is 0.0992 e. The van der Waals surface area contributed by atoms with Crippen LogP contribution in [0.25, 0.3) is 0 Å². The second-order valence-electron chi connectivity index (χ2n) is 4.64.